The molecule has 0 amide bonds. The Morgan fingerprint density at radius 2 is 2.33 bits per heavy atom. The van der Waals surface area contributed by atoms with Gasteiger partial charge in [-0.15, -0.1) is 11.3 Å². The molecule has 0 aliphatic carbocycles. The van der Waals surface area contributed by atoms with Crippen molar-refractivity contribution < 1.29 is 14.6 Å². The number of carbonyl (C=O) groups excluding carboxylic acids is 1. The molecule has 1 atom stereocenters. The van der Waals surface area contributed by atoms with Gasteiger partial charge in [-0.1, -0.05) is 13.3 Å². The quantitative estimate of drug-likeness (QED) is 0.787. The van der Waals surface area contributed by atoms with Crippen molar-refractivity contribution in [3.05, 3.63) is 21.9 Å². The molecule has 0 saturated heterocycles. The van der Waals surface area contributed by atoms with Gasteiger partial charge in [-0.05, 0) is 18.6 Å². The Balaban J connectivity index is 2.57. The van der Waals surface area contributed by atoms with E-state index in [1.165, 1.54) is 12.0 Å². The molecule has 0 radical (unpaired) electrons. The fourth-order valence-corrected chi connectivity index (χ4v) is 2.40. The Labute approximate surface area is 93.7 Å². The molecule has 1 aromatic rings. The first kappa shape index (κ1) is 12.2. The van der Waals surface area contributed by atoms with E-state index in [-0.39, 0.29) is 12.4 Å². The largest absolute Gasteiger partial charge is 0.469 e. The second kappa shape index (κ2) is 5.88. The molecule has 0 saturated carbocycles. The van der Waals surface area contributed by atoms with E-state index in [4.69, 9.17) is 0 Å². The summed E-state index contributed by atoms with van der Waals surface area (Å²) in [5.41, 5.74) is 0. The molecule has 1 unspecified atom stereocenters. The fourth-order valence-electron chi connectivity index (χ4n) is 1.30. The van der Waals surface area contributed by atoms with Crippen LogP contribution in [0.5, 0.6) is 0 Å². The van der Waals surface area contributed by atoms with Crippen LogP contribution in [0.4, 0.5) is 0 Å². The second-order valence-corrected chi connectivity index (χ2v) is 4.55. The lowest BCUT2D eigenvalue weighted by molar-refractivity contribution is -0.142. The Kier molecular flexibility index (Phi) is 4.78. The molecule has 0 spiro atoms. The summed E-state index contributed by atoms with van der Waals surface area (Å²) in [6.07, 6.45) is 1.42. The Morgan fingerprint density at radius 1 is 1.60 bits per heavy atom. The fraction of sp³-hybridized carbons (Fsp3) is 0.545. The van der Waals surface area contributed by atoms with Crippen LogP contribution < -0.4 is 0 Å². The highest BCUT2D eigenvalue weighted by Crippen LogP contribution is 2.26. The lowest BCUT2D eigenvalue weighted by atomic mass is 10.2. The molecule has 0 bridgehead atoms. The van der Waals surface area contributed by atoms with E-state index in [1.807, 2.05) is 12.1 Å². The van der Waals surface area contributed by atoms with Crippen LogP contribution in [-0.4, -0.2) is 18.2 Å². The van der Waals surface area contributed by atoms with Gasteiger partial charge in [0.15, 0.2) is 0 Å². The topological polar surface area (TPSA) is 46.5 Å². The third kappa shape index (κ3) is 3.64. The van der Waals surface area contributed by atoms with Gasteiger partial charge in [0.2, 0.25) is 0 Å². The SMILES string of the molecule is CCCc1ccc(C(O)CC(=O)OC)s1. The van der Waals surface area contributed by atoms with Crippen LogP contribution in [-0.2, 0) is 16.0 Å². The van der Waals surface area contributed by atoms with Crippen molar-refractivity contribution in [2.45, 2.75) is 32.3 Å². The van der Waals surface area contributed by atoms with Gasteiger partial charge in [-0.3, -0.25) is 4.79 Å². The number of hydrogen-bond acceptors (Lipinski definition) is 4. The second-order valence-electron chi connectivity index (χ2n) is 3.35. The van der Waals surface area contributed by atoms with E-state index in [9.17, 15) is 9.90 Å². The number of aliphatic hydroxyl groups excluding tert-OH is 1. The smallest absolute Gasteiger partial charge is 0.308 e. The van der Waals surface area contributed by atoms with Crippen LogP contribution in [0.1, 0.15) is 35.6 Å². The summed E-state index contributed by atoms with van der Waals surface area (Å²) >= 11 is 1.56. The maximum Gasteiger partial charge on any atom is 0.308 e. The third-order valence-electron chi connectivity index (χ3n) is 2.09. The number of carbonyl (C=O) groups is 1. The van der Waals surface area contributed by atoms with E-state index in [1.54, 1.807) is 11.3 Å². The maximum absolute atomic E-state index is 11.0. The van der Waals surface area contributed by atoms with Crippen LogP contribution >= 0.6 is 11.3 Å². The van der Waals surface area contributed by atoms with Crippen LogP contribution in [0.3, 0.4) is 0 Å². The van der Waals surface area contributed by atoms with Crippen LogP contribution in [0, 0.1) is 0 Å². The summed E-state index contributed by atoms with van der Waals surface area (Å²) in [6, 6.07) is 3.88. The van der Waals surface area contributed by atoms with Gasteiger partial charge in [0.05, 0.1) is 19.6 Å². The highest BCUT2D eigenvalue weighted by molar-refractivity contribution is 7.12. The van der Waals surface area contributed by atoms with Crippen molar-refractivity contribution in [3.8, 4) is 0 Å². The standard InChI is InChI=1S/C11H16O3S/c1-3-4-8-5-6-10(15-8)9(12)7-11(13)14-2/h5-6,9,12H,3-4,7H2,1-2H3. The molecule has 4 heteroatoms. The average Bonchev–Trinajstić information content (AvgIpc) is 2.67. The van der Waals surface area contributed by atoms with Crippen LogP contribution in [0.25, 0.3) is 0 Å². The molecule has 0 aliphatic heterocycles. The zero-order valence-corrected chi connectivity index (χ0v) is 9.84. The zero-order valence-electron chi connectivity index (χ0n) is 9.03. The maximum atomic E-state index is 11.0. The summed E-state index contributed by atoms with van der Waals surface area (Å²) in [7, 11) is 1.33. The molecule has 84 valence electrons. The number of ether oxygens (including phenoxy) is 1. The first-order valence-electron chi connectivity index (χ1n) is 5.00. The van der Waals surface area contributed by atoms with E-state index in [2.05, 4.69) is 11.7 Å². The average molecular weight is 228 g/mol. The number of methoxy groups -OCH3 is 1. The van der Waals surface area contributed by atoms with Crippen LogP contribution in [0.15, 0.2) is 12.1 Å². The predicted octanol–water partition coefficient (Wildman–Crippen LogP) is 2.30. The molecular weight excluding hydrogens is 212 g/mol. The zero-order chi connectivity index (χ0) is 11.3. The predicted molar refractivity (Wildman–Crippen MR) is 59.9 cm³/mol. The molecule has 15 heavy (non-hydrogen) atoms. The van der Waals surface area contributed by atoms with Crippen molar-refractivity contribution in [1.82, 2.24) is 0 Å². The van der Waals surface area contributed by atoms with E-state index < -0.39 is 6.10 Å². The molecular formula is C11H16O3S. The molecule has 3 nitrogen and oxygen atoms in total. The van der Waals surface area contributed by atoms with Crippen molar-refractivity contribution >= 4 is 17.3 Å². The Morgan fingerprint density at radius 3 is 2.93 bits per heavy atom. The molecule has 0 aromatic carbocycles. The highest BCUT2D eigenvalue weighted by Gasteiger charge is 2.15. The van der Waals surface area contributed by atoms with Gasteiger partial charge in [0, 0.05) is 9.75 Å². The Hall–Kier alpha value is -0.870. The first-order chi connectivity index (χ1) is 7.17. The molecule has 1 rings (SSSR count). The summed E-state index contributed by atoms with van der Waals surface area (Å²) in [5, 5.41) is 9.71. The number of aliphatic hydroxyl groups is 1. The van der Waals surface area contributed by atoms with Gasteiger partial charge in [-0.2, -0.15) is 0 Å². The van der Waals surface area contributed by atoms with Gasteiger partial charge < -0.3 is 9.84 Å². The van der Waals surface area contributed by atoms with Crippen molar-refractivity contribution in [2.75, 3.05) is 7.11 Å². The molecule has 1 heterocycles. The molecule has 0 aliphatic rings. The molecule has 0 fully saturated rings. The number of aryl methyl sites for hydroxylation is 1. The van der Waals surface area contributed by atoms with Crippen LogP contribution in [0.2, 0.25) is 0 Å². The van der Waals surface area contributed by atoms with Gasteiger partial charge >= 0.3 is 5.97 Å². The van der Waals surface area contributed by atoms with Gasteiger partial charge in [-0.25, -0.2) is 0 Å². The van der Waals surface area contributed by atoms with Gasteiger partial charge in [0.1, 0.15) is 0 Å². The third-order valence-corrected chi connectivity index (χ3v) is 3.34. The lowest BCUT2D eigenvalue weighted by Crippen LogP contribution is -2.06. The molecule has 1 aromatic heterocycles. The van der Waals surface area contributed by atoms with E-state index in [0.717, 1.165) is 17.7 Å². The summed E-state index contributed by atoms with van der Waals surface area (Å²) in [5.74, 6) is -0.382. The lowest BCUT2D eigenvalue weighted by Gasteiger charge is -2.05. The van der Waals surface area contributed by atoms with Crippen molar-refractivity contribution in [1.29, 1.82) is 0 Å². The number of hydrogen-bond donors (Lipinski definition) is 1. The highest BCUT2D eigenvalue weighted by atomic mass is 32.1. The minimum atomic E-state index is -0.729. The number of esters is 1. The summed E-state index contributed by atoms with van der Waals surface area (Å²) in [6.45, 7) is 2.12. The summed E-state index contributed by atoms with van der Waals surface area (Å²) < 4.78 is 4.50. The summed E-state index contributed by atoms with van der Waals surface area (Å²) in [4.78, 5) is 13.0. The van der Waals surface area contributed by atoms with Crippen molar-refractivity contribution in [3.63, 3.8) is 0 Å². The first-order valence-corrected chi connectivity index (χ1v) is 5.82. The minimum absolute atomic E-state index is 0.0303. The van der Waals surface area contributed by atoms with Gasteiger partial charge in [0.25, 0.3) is 0 Å². The monoisotopic (exact) mass is 228 g/mol. The van der Waals surface area contributed by atoms with Crippen molar-refractivity contribution in [2.24, 2.45) is 0 Å². The normalized spacial score (nSPS) is 12.5. The Bertz CT molecular complexity index is 319. The number of thiophene rings is 1. The van der Waals surface area contributed by atoms with E-state index >= 15 is 0 Å². The van der Waals surface area contributed by atoms with E-state index in [0.29, 0.717) is 0 Å². The molecule has 1 N–H and O–H groups in total. The minimum Gasteiger partial charge on any atom is -0.469 e. The number of rotatable bonds is 5.